The highest BCUT2D eigenvalue weighted by Crippen LogP contribution is 2.34. The van der Waals surface area contributed by atoms with Crippen molar-refractivity contribution in [3.05, 3.63) is 65.7 Å². The fourth-order valence-electron chi connectivity index (χ4n) is 4.26. The minimum Gasteiger partial charge on any atom is -0.466 e. The number of nitrogens with one attached hydrogen (secondary N) is 3. The van der Waals surface area contributed by atoms with E-state index in [1.54, 1.807) is 6.92 Å². The Balaban J connectivity index is 1.44. The number of halogens is 1. The van der Waals surface area contributed by atoms with Crippen molar-refractivity contribution in [1.29, 1.82) is 0 Å². The van der Waals surface area contributed by atoms with Crippen molar-refractivity contribution in [1.82, 2.24) is 10.3 Å². The smallest absolute Gasteiger partial charge is 0.319 e. The van der Waals surface area contributed by atoms with Gasteiger partial charge in [0.15, 0.2) is 5.58 Å². The lowest BCUT2D eigenvalue weighted by molar-refractivity contribution is -0.143. The molecule has 0 radical (unpaired) electrons. The first-order valence-electron chi connectivity index (χ1n) is 13.7. The third-order valence-corrected chi connectivity index (χ3v) is 6.54. The van der Waals surface area contributed by atoms with Gasteiger partial charge in [-0.3, -0.25) is 4.79 Å². The van der Waals surface area contributed by atoms with Crippen LogP contribution in [-0.4, -0.2) is 36.7 Å². The van der Waals surface area contributed by atoms with Crippen LogP contribution in [0.5, 0.6) is 0 Å². The number of nitrogens with zero attached hydrogens (tertiary/aromatic N) is 1. The quantitative estimate of drug-likeness (QED) is 0.113. The summed E-state index contributed by atoms with van der Waals surface area (Å²) in [6.45, 7) is 5.60. The first-order valence-corrected chi connectivity index (χ1v) is 14.1. The lowest BCUT2D eigenvalue weighted by atomic mass is 10.1. The SMILES string of the molecule is CCCNc1ccc(NC(=O)NCCCCCC(=O)OCC)cc1-c1nc2cc(-c3ccc(Cl)cc3)ccc2o1. The van der Waals surface area contributed by atoms with Gasteiger partial charge < -0.3 is 25.1 Å². The number of rotatable bonds is 13. The maximum Gasteiger partial charge on any atom is 0.319 e. The first-order chi connectivity index (χ1) is 19.5. The molecule has 2 amide bonds. The Labute approximate surface area is 239 Å². The van der Waals surface area contributed by atoms with Crippen LogP contribution in [0.3, 0.4) is 0 Å². The van der Waals surface area contributed by atoms with E-state index in [-0.39, 0.29) is 12.0 Å². The molecule has 40 heavy (non-hydrogen) atoms. The molecule has 0 bridgehead atoms. The molecule has 210 valence electrons. The number of carbonyl (C=O) groups is 2. The van der Waals surface area contributed by atoms with E-state index in [0.717, 1.165) is 60.1 Å². The lowest BCUT2D eigenvalue weighted by Gasteiger charge is -2.13. The second-order valence-electron chi connectivity index (χ2n) is 9.39. The van der Waals surface area contributed by atoms with E-state index in [0.29, 0.717) is 41.8 Å². The third kappa shape index (κ3) is 7.99. The van der Waals surface area contributed by atoms with Gasteiger partial charge in [0, 0.05) is 35.9 Å². The van der Waals surface area contributed by atoms with Gasteiger partial charge in [0.1, 0.15) is 5.52 Å². The average molecular weight is 563 g/mol. The number of amides is 2. The Morgan fingerprint density at radius 3 is 2.50 bits per heavy atom. The van der Waals surface area contributed by atoms with E-state index in [4.69, 9.17) is 25.7 Å². The van der Waals surface area contributed by atoms with Crippen molar-refractivity contribution in [2.45, 2.75) is 46.0 Å². The maximum absolute atomic E-state index is 12.5. The van der Waals surface area contributed by atoms with Crippen molar-refractivity contribution in [2.24, 2.45) is 0 Å². The van der Waals surface area contributed by atoms with E-state index in [2.05, 4.69) is 22.9 Å². The van der Waals surface area contributed by atoms with Gasteiger partial charge in [-0.1, -0.05) is 43.1 Å². The molecule has 0 aliphatic carbocycles. The number of carbonyl (C=O) groups excluding carboxylic acids is 2. The Morgan fingerprint density at radius 2 is 1.73 bits per heavy atom. The van der Waals surface area contributed by atoms with Gasteiger partial charge in [0.25, 0.3) is 0 Å². The van der Waals surface area contributed by atoms with Crippen molar-refractivity contribution >= 4 is 46.1 Å². The molecule has 0 aliphatic rings. The summed E-state index contributed by atoms with van der Waals surface area (Å²) in [4.78, 5) is 28.7. The van der Waals surface area contributed by atoms with Gasteiger partial charge in [-0.2, -0.15) is 0 Å². The normalized spacial score (nSPS) is 10.9. The van der Waals surface area contributed by atoms with E-state index < -0.39 is 0 Å². The summed E-state index contributed by atoms with van der Waals surface area (Å²) in [7, 11) is 0. The Morgan fingerprint density at radius 1 is 0.925 bits per heavy atom. The van der Waals surface area contributed by atoms with E-state index in [1.165, 1.54) is 0 Å². The number of benzene rings is 3. The third-order valence-electron chi connectivity index (χ3n) is 6.29. The second kappa shape index (κ2) is 14.4. The topological polar surface area (TPSA) is 105 Å². The molecule has 0 atom stereocenters. The number of hydrogen-bond acceptors (Lipinski definition) is 6. The zero-order valence-corrected chi connectivity index (χ0v) is 23.6. The Hall–Kier alpha value is -4.04. The molecule has 0 saturated heterocycles. The Kier molecular flexibility index (Phi) is 10.4. The highest BCUT2D eigenvalue weighted by atomic mass is 35.5. The summed E-state index contributed by atoms with van der Waals surface area (Å²) >= 11 is 6.04. The van der Waals surface area contributed by atoms with Gasteiger partial charge in [0.2, 0.25) is 5.89 Å². The van der Waals surface area contributed by atoms with Crippen molar-refractivity contribution in [3.63, 3.8) is 0 Å². The Bertz CT molecular complexity index is 1440. The van der Waals surface area contributed by atoms with E-state index in [1.807, 2.05) is 60.7 Å². The van der Waals surface area contributed by atoms with Crippen molar-refractivity contribution < 1.29 is 18.7 Å². The molecule has 4 rings (SSSR count). The largest absolute Gasteiger partial charge is 0.466 e. The number of oxazole rings is 1. The van der Waals surface area contributed by atoms with Gasteiger partial charge in [0.05, 0.1) is 12.2 Å². The molecule has 4 aromatic rings. The molecule has 8 nitrogen and oxygen atoms in total. The fraction of sp³-hybridized carbons (Fsp3) is 0.323. The summed E-state index contributed by atoms with van der Waals surface area (Å²) in [5, 5.41) is 9.88. The molecular formula is C31H35ClN4O4. The number of urea groups is 1. The molecule has 0 fully saturated rings. The second-order valence-corrected chi connectivity index (χ2v) is 9.83. The predicted molar refractivity (Wildman–Crippen MR) is 161 cm³/mol. The maximum atomic E-state index is 12.5. The molecular weight excluding hydrogens is 528 g/mol. The van der Waals surface area contributed by atoms with Crippen LogP contribution >= 0.6 is 11.6 Å². The van der Waals surface area contributed by atoms with Crippen LogP contribution in [0.2, 0.25) is 5.02 Å². The monoisotopic (exact) mass is 562 g/mol. The van der Waals surface area contributed by atoms with Gasteiger partial charge in [-0.05, 0) is 79.8 Å². The number of esters is 1. The fourth-order valence-corrected chi connectivity index (χ4v) is 4.38. The standard InChI is InChI=1S/C31H35ClN4O4/c1-3-17-33-26-15-14-24(35-31(38)34-18-7-5-6-8-29(37)39-4-2)20-25(26)30-36-27-19-22(11-16-28(27)40-30)21-9-12-23(32)13-10-21/h9-16,19-20,33H,3-8,17-18H2,1-2H3,(H2,34,35,38). The molecule has 0 saturated carbocycles. The lowest BCUT2D eigenvalue weighted by Crippen LogP contribution is -2.29. The molecule has 0 spiro atoms. The number of hydrogen-bond donors (Lipinski definition) is 3. The molecule has 9 heteroatoms. The molecule has 0 aliphatic heterocycles. The van der Waals surface area contributed by atoms with Crippen LogP contribution in [0, 0.1) is 0 Å². The van der Waals surface area contributed by atoms with Crippen LogP contribution in [0.4, 0.5) is 16.2 Å². The zero-order chi connectivity index (χ0) is 28.3. The number of fused-ring (bicyclic) bond motifs is 1. The molecule has 3 aromatic carbocycles. The zero-order valence-electron chi connectivity index (χ0n) is 22.9. The van der Waals surface area contributed by atoms with Gasteiger partial charge in [-0.25, -0.2) is 9.78 Å². The highest BCUT2D eigenvalue weighted by Gasteiger charge is 2.15. The first kappa shape index (κ1) is 29.0. The number of unbranched alkanes of at least 4 members (excludes halogenated alkanes) is 2. The van der Waals surface area contributed by atoms with Crippen LogP contribution in [0.15, 0.2) is 65.1 Å². The number of aromatic nitrogens is 1. The van der Waals surface area contributed by atoms with Crippen LogP contribution in [0.25, 0.3) is 33.7 Å². The van der Waals surface area contributed by atoms with E-state index >= 15 is 0 Å². The van der Waals surface area contributed by atoms with Crippen molar-refractivity contribution in [2.75, 3.05) is 30.3 Å². The number of ether oxygens (including phenoxy) is 1. The summed E-state index contributed by atoms with van der Waals surface area (Å²) in [6, 6.07) is 18.9. The minimum absolute atomic E-state index is 0.179. The molecule has 1 aromatic heterocycles. The predicted octanol–water partition coefficient (Wildman–Crippen LogP) is 7.88. The van der Waals surface area contributed by atoms with Gasteiger partial charge in [-0.15, -0.1) is 0 Å². The summed E-state index contributed by atoms with van der Waals surface area (Å²) < 4.78 is 11.1. The molecule has 0 unspecified atom stereocenters. The van der Waals surface area contributed by atoms with Gasteiger partial charge >= 0.3 is 12.0 Å². The summed E-state index contributed by atoms with van der Waals surface area (Å²) in [6.07, 6.45) is 3.71. The van der Waals surface area contributed by atoms with Crippen molar-refractivity contribution in [3.8, 4) is 22.6 Å². The van der Waals surface area contributed by atoms with Crippen LogP contribution < -0.4 is 16.0 Å². The summed E-state index contributed by atoms with van der Waals surface area (Å²) in [5.41, 5.74) is 5.73. The van der Waals surface area contributed by atoms with Crippen LogP contribution in [0.1, 0.15) is 46.0 Å². The van der Waals surface area contributed by atoms with E-state index in [9.17, 15) is 9.59 Å². The number of anilines is 2. The highest BCUT2D eigenvalue weighted by molar-refractivity contribution is 6.30. The molecule has 1 heterocycles. The minimum atomic E-state index is -0.296. The molecule has 3 N–H and O–H groups in total. The van der Waals surface area contributed by atoms with Crippen LogP contribution in [-0.2, 0) is 9.53 Å². The summed E-state index contributed by atoms with van der Waals surface area (Å²) in [5.74, 6) is 0.286. The average Bonchev–Trinajstić information content (AvgIpc) is 3.38.